The topological polar surface area (TPSA) is 37.4 Å². The Morgan fingerprint density at radius 3 is 2.48 bits per heavy atom. The second-order valence-electron chi connectivity index (χ2n) is 11.3. The number of anilines is 1. The molecular formula is C30H37NO2. The number of fused-ring (bicyclic) bond motifs is 4. The number of ketones is 2. The van der Waals surface area contributed by atoms with E-state index in [1.54, 1.807) is 12.5 Å². The fourth-order valence-corrected chi connectivity index (χ4v) is 8.08. The van der Waals surface area contributed by atoms with Crippen LogP contribution in [0.5, 0.6) is 0 Å². The van der Waals surface area contributed by atoms with Gasteiger partial charge >= 0.3 is 0 Å². The van der Waals surface area contributed by atoms with Gasteiger partial charge in [0, 0.05) is 32.1 Å². The smallest absolute Gasteiger partial charge is 0.156 e. The van der Waals surface area contributed by atoms with Gasteiger partial charge < -0.3 is 4.90 Å². The fraction of sp³-hybridized carbons (Fsp3) is 0.533. The summed E-state index contributed by atoms with van der Waals surface area (Å²) in [5.41, 5.74) is 6.36. The number of benzene rings is 1. The first-order chi connectivity index (χ1) is 15.7. The summed E-state index contributed by atoms with van der Waals surface area (Å²) in [6, 6.07) is 9.01. The molecule has 0 N–H and O–H groups in total. The largest absolute Gasteiger partial charge is 0.378 e. The van der Waals surface area contributed by atoms with E-state index in [9.17, 15) is 9.59 Å². The Balaban J connectivity index is 1.69. The summed E-state index contributed by atoms with van der Waals surface area (Å²) in [5, 5.41) is 0. The molecule has 0 aromatic heterocycles. The van der Waals surface area contributed by atoms with Gasteiger partial charge in [-0.2, -0.15) is 0 Å². The summed E-state index contributed by atoms with van der Waals surface area (Å²) in [5.74, 6) is 1.83. The predicted octanol–water partition coefficient (Wildman–Crippen LogP) is 6.41. The van der Waals surface area contributed by atoms with E-state index in [-0.39, 0.29) is 22.9 Å². The molecule has 0 heterocycles. The van der Waals surface area contributed by atoms with Gasteiger partial charge in [0.15, 0.2) is 5.78 Å². The second kappa shape index (κ2) is 7.82. The van der Waals surface area contributed by atoms with E-state index in [1.807, 2.05) is 12.2 Å². The van der Waals surface area contributed by atoms with Gasteiger partial charge in [-0.1, -0.05) is 30.7 Å². The van der Waals surface area contributed by atoms with Crippen LogP contribution in [-0.4, -0.2) is 25.7 Å². The minimum absolute atomic E-state index is 0.0914. The maximum absolute atomic E-state index is 13.1. The Morgan fingerprint density at radius 1 is 1.12 bits per heavy atom. The summed E-state index contributed by atoms with van der Waals surface area (Å²) < 4.78 is 0. The van der Waals surface area contributed by atoms with Crippen LogP contribution in [0.25, 0.3) is 0 Å². The molecule has 5 rings (SSSR count). The predicted molar refractivity (Wildman–Crippen MR) is 134 cm³/mol. The average molecular weight is 444 g/mol. The third-order valence-electron chi connectivity index (χ3n) is 9.78. The van der Waals surface area contributed by atoms with Gasteiger partial charge in [0.05, 0.1) is 5.41 Å². The molecule has 4 aliphatic rings. The van der Waals surface area contributed by atoms with E-state index < -0.39 is 5.41 Å². The number of carbonyl (C=O) groups is 2. The molecule has 0 bridgehead atoms. The highest BCUT2D eigenvalue weighted by atomic mass is 16.1. The van der Waals surface area contributed by atoms with Crippen LogP contribution in [0.3, 0.4) is 0 Å². The van der Waals surface area contributed by atoms with Crippen molar-refractivity contribution in [2.45, 2.75) is 64.7 Å². The van der Waals surface area contributed by atoms with E-state index in [0.717, 1.165) is 38.5 Å². The van der Waals surface area contributed by atoms with Crippen LogP contribution >= 0.6 is 0 Å². The highest BCUT2D eigenvalue weighted by Gasteiger charge is 2.63. The van der Waals surface area contributed by atoms with Crippen LogP contribution in [0.1, 0.15) is 70.3 Å². The van der Waals surface area contributed by atoms with Gasteiger partial charge in [-0.15, -0.1) is 6.58 Å². The number of allylic oxidation sites excluding steroid dienone is 5. The van der Waals surface area contributed by atoms with Crippen molar-refractivity contribution in [3.05, 3.63) is 65.3 Å². The molecular weight excluding hydrogens is 406 g/mol. The van der Waals surface area contributed by atoms with Gasteiger partial charge in [0.25, 0.3) is 0 Å². The molecule has 5 atom stereocenters. The Kier molecular flexibility index (Phi) is 5.30. The monoisotopic (exact) mass is 443 g/mol. The molecule has 0 spiro atoms. The number of rotatable bonds is 4. The van der Waals surface area contributed by atoms with E-state index in [2.05, 4.69) is 56.8 Å². The Hall–Kier alpha value is -2.42. The van der Waals surface area contributed by atoms with E-state index in [1.165, 1.54) is 22.4 Å². The van der Waals surface area contributed by atoms with Crippen molar-refractivity contribution in [1.82, 2.24) is 0 Å². The van der Waals surface area contributed by atoms with E-state index >= 15 is 0 Å². The Morgan fingerprint density at radius 2 is 1.85 bits per heavy atom. The molecule has 0 saturated heterocycles. The molecule has 2 saturated carbocycles. The van der Waals surface area contributed by atoms with Crippen LogP contribution in [-0.2, 0) is 9.59 Å². The molecule has 33 heavy (non-hydrogen) atoms. The van der Waals surface area contributed by atoms with Gasteiger partial charge in [0.2, 0.25) is 0 Å². The molecule has 0 aliphatic heterocycles. The fourth-order valence-electron chi connectivity index (χ4n) is 8.08. The molecule has 1 aromatic rings. The summed E-state index contributed by atoms with van der Waals surface area (Å²) >= 11 is 0. The van der Waals surface area contributed by atoms with E-state index in [4.69, 9.17) is 0 Å². The van der Waals surface area contributed by atoms with Gasteiger partial charge in [0.1, 0.15) is 5.78 Å². The first-order valence-electron chi connectivity index (χ1n) is 12.6. The first kappa shape index (κ1) is 22.4. The average Bonchev–Trinajstić information content (AvgIpc) is 3.11. The molecule has 4 aliphatic carbocycles. The maximum atomic E-state index is 13.1. The molecule has 3 nitrogen and oxygen atoms in total. The summed E-state index contributed by atoms with van der Waals surface area (Å²) in [7, 11) is 4.14. The minimum atomic E-state index is -0.436. The molecule has 1 aromatic carbocycles. The lowest BCUT2D eigenvalue weighted by molar-refractivity contribution is -0.131. The molecule has 4 unspecified atom stereocenters. The first-order valence-corrected chi connectivity index (χ1v) is 12.6. The Labute approximate surface area is 198 Å². The van der Waals surface area contributed by atoms with Crippen molar-refractivity contribution in [1.29, 1.82) is 0 Å². The van der Waals surface area contributed by atoms with Crippen molar-refractivity contribution in [2.24, 2.45) is 22.7 Å². The van der Waals surface area contributed by atoms with Crippen LogP contribution in [0.15, 0.2) is 59.7 Å². The highest BCUT2D eigenvalue weighted by Crippen LogP contribution is 2.70. The van der Waals surface area contributed by atoms with Crippen molar-refractivity contribution in [2.75, 3.05) is 19.0 Å². The molecule has 174 valence electrons. The number of hydrogen-bond acceptors (Lipinski definition) is 3. The quantitative estimate of drug-likeness (QED) is 0.504. The van der Waals surface area contributed by atoms with E-state index in [0.29, 0.717) is 18.3 Å². The number of hydrogen-bond donors (Lipinski definition) is 0. The molecule has 2 fully saturated rings. The lowest BCUT2D eigenvalue weighted by Crippen LogP contribution is -2.49. The lowest BCUT2D eigenvalue weighted by atomic mass is 9.48. The minimum Gasteiger partial charge on any atom is -0.378 e. The summed E-state index contributed by atoms with van der Waals surface area (Å²) in [6.07, 6.45) is 10.5. The lowest BCUT2D eigenvalue weighted by Gasteiger charge is -2.55. The summed E-state index contributed by atoms with van der Waals surface area (Å²) in [4.78, 5) is 27.5. The van der Waals surface area contributed by atoms with Gasteiger partial charge in [-0.3, -0.25) is 9.59 Å². The SMILES string of the molecule is C=C[C@]1(C(C)=O)CCC2C3CCC4=CC(=O)CCC4=C3C(c3ccc(N(C)C)cc3)CC21C. The number of Topliss-reactive ketones (excluding diaryl/α,β-unsaturated/α-hetero) is 1. The third kappa shape index (κ3) is 3.15. The van der Waals surface area contributed by atoms with Crippen molar-refractivity contribution >= 4 is 17.3 Å². The Bertz CT molecular complexity index is 1080. The van der Waals surface area contributed by atoms with Crippen LogP contribution in [0.4, 0.5) is 5.69 Å². The zero-order chi connectivity index (χ0) is 23.5. The van der Waals surface area contributed by atoms with Crippen molar-refractivity contribution in [3.63, 3.8) is 0 Å². The molecule has 3 heteroatoms. The number of carbonyl (C=O) groups excluding carboxylic acids is 2. The van der Waals surface area contributed by atoms with Gasteiger partial charge in [-0.25, -0.2) is 0 Å². The van der Waals surface area contributed by atoms with Crippen molar-refractivity contribution in [3.8, 4) is 0 Å². The molecule has 0 radical (unpaired) electrons. The molecule has 0 amide bonds. The van der Waals surface area contributed by atoms with Crippen LogP contribution in [0, 0.1) is 22.7 Å². The van der Waals surface area contributed by atoms with Crippen LogP contribution < -0.4 is 4.90 Å². The maximum Gasteiger partial charge on any atom is 0.156 e. The number of nitrogens with zero attached hydrogens (tertiary/aromatic N) is 1. The van der Waals surface area contributed by atoms with Crippen LogP contribution in [0.2, 0.25) is 0 Å². The van der Waals surface area contributed by atoms with Crippen molar-refractivity contribution < 1.29 is 9.59 Å². The second-order valence-corrected chi connectivity index (χ2v) is 11.3. The summed E-state index contributed by atoms with van der Waals surface area (Å²) in [6.45, 7) is 8.35. The highest BCUT2D eigenvalue weighted by molar-refractivity contribution is 5.93. The normalized spacial score (nSPS) is 35.3. The zero-order valence-corrected chi connectivity index (χ0v) is 20.6. The standard InChI is InChI=1S/C30H37NO2/c1-6-30(19(2)32)16-15-27-25-13-9-21-17-23(33)12-14-24(21)28(25)26(18-29(27,30)3)20-7-10-22(11-8-20)31(4)5/h6-8,10-11,17,25-27H,1,9,12-16,18H2,2-5H3/t25?,26?,27?,29?,30-/m1/s1. The third-order valence-corrected chi connectivity index (χ3v) is 9.78. The zero-order valence-electron chi connectivity index (χ0n) is 20.6. The van der Waals surface area contributed by atoms with Gasteiger partial charge in [-0.05, 0) is 97.6 Å².